The molecule has 0 saturated heterocycles. The first-order valence-corrected chi connectivity index (χ1v) is 38.1. The molecule has 0 spiro atoms. The molecule has 0 aromatic rings. The van der Waals surface area contributed by atoms with Gasteiger partial charge in [0, 0.05) is 13.0 Å². The van der Waals surface area contributed by atoms with Gasteiger partial charge in [-0.2, -0.15) is 0 Å². The fourth-order valence-corrected chi connectivity index (χ4v) is 9.05. The molecule has 3 unspecified atom stereocenters. The van der Waals surface area contributed by atoms with Crippen LogP contribution in [0.4, 0.5) is 0 Å². The van der Waals surface area contributed by atoms with Crippen LogP contribution in [-0.4, -0.2) is 93.7 Å². The summed E-state index contributed by atoms with van der Waals surface area (Å²) in [5.41, 5.74) is 8.12. The van der Waals surface area contributed by atoms with E-state index in [2.05, 4.69) is 159 Å². The molecule has 14 heteroatoms. The summed E-state index contributed by atoms with van der Waals surface area (Å²) in [6.07, 6.45) is 21.2. The lowest BCUT2D eigenvalue weighted by Crippen LogP contribution is -2.37. The van der Waals surface area contributed by atoms with Gasteiger partial charge in [0.25, 0.3) is 0 Å². The minimum atomic E-state index is -0.486. The second kappa shape index (κ2) is 54.4. The second-order valence-corrected chi connectivity index (χ2v) is 38.2. The quantitative estimate of drug-likeness (QED) is 0.0515. The number of carbonyl (C=O) groups is 6. The van der Waals surface area contributed by atoms with Gasteiger partial charge in [0.1, 0.15) is 12.6 Å². The van der Waals surface area contributed by atoms with Crippen molar-refractivity contribution < 1.29 is 61.9 Å². The molecule has 2 saturated carbocycles. The molecule has 2 aliphatic rings. The normalized spacial score (nSPS) is 14.8. The molecule has 0 radical (unpaired) electrons. The Bertz CT molecular complexity index is 1930. The van der Waals surface area contributed by atoms with Crippen molar-refractivity contribution in [2.24, 2.45) is 78.6 Å². The predicted octanol–water partition coefficient (Wildman–Crippen LogP) is 22.7. The van der Waals surface area contributed by atoms with E-state index in [0.717, 1.165) is 77.0 Å². The molecule has 2 aliphatic carbocycles. The smallest absolute Gasteiger partial charge is 0.332 e. The van der Waals surface area contributed by atoms with Crippen LogP contribution in [-0.2, 0) is 61.9 Å². The molecule has 0 amide bonds. The maximum atomic E-state index is 11.7. The largest absolute Gasteiger partial charge is 0.466 e. The maximum absolute atomic E-state index is 11.7. The summed E-state index contributed by atoms with van der Waals surface area (Å²) in [4.78, 5) is 68.0. The highest BCUT2D eigenvalue weighted by atomic mass is 16.6. The van der Waals surface area contributed by atoms with Gasteiger partial charge in [0.05, 0.1) is 56.4 Å². The molecule has 0 aliphatic heterocycles. The topological polar surface area (TPSA) is 193 Å². The zero-order chi connectivity index (χ0) is 77.4. The number of rotatable bonds is 25. The van der Waals surface area contributed by atoms with E-state index in [9.17, 15) is 28.8 Å². The summed E-state index contributed by atoms with van der Waals surface area (Å²) in [6, 6.07) is -0.486. The molecular formula is C83H167NO13. The fraction of sp³-hybridized carbons (Fsp3) is 0.928. The van der Waals surface area contributed by atoms with Crippen LogP contribution in [0.2, 0.25) is 0 Å². The molecule has 3 atom stereocenters. The van der Waals surface area contributed by atoms with E-state index in [0.29, 0.717) is 67.0 Å². The van der Waals surface area contributed by atoms with Gasteiger partial charge in [-0.25, -0.2) is 4.79 Å². The molecule has 582 valence electrons. The number of nitrogens with two attached hydrogens (primary N) is 1. The molecule has 0 aromatic heterocycles. The molecule has 2 rings (SSSR count). The monoisotopic (exact) mass is 1390 g/mol. The zero-order valence-electron chi connectivity index (χ0n) is 70.9. The molecular weight excluding hydrogens is 1220 g/mol. The van der Waals surface area contributed by atoms with E-state index in [4.69, 9.17) is 38.9 Å². The highest BCUT2D eigenvalue weighted by Crippen LogP contribution is 2.30. The number of esters is 6. The molecule has 0 bridgehead atoms. The number of carbonyl (C=O) groups excluding carboxylic acids is 6. The number of ether oxygens (including phenoxy) is 7. The third-order valence-electron chi connectivity index (χ3n) is 14.9. The Morgan fingerprint density at radius 3 is 1.11 bits per heavy atom. The van der Waals surface area contributed by atoms with Crippen molar-refractivity contribution >= 4 is 35.8 Å². The van der Waals surface area contributed by atoms with Crippen molar-refractivity contribution in [3.05, 3.63) is 0 Å². The fourth-order valence-electron chi connectivity index (χ4n) is 9.05. The molecule has 0 heterocycles. The average Bonchev–Trinajstić information content (AvgIpc) is 1.87. The third kappa shape index (κ3) is 86.9. The van der Waals surface area contributed by atoms with E-state index in [1.807, 2.05) is 83.1 Å². The Hall–Kier alpha value is -3.26. The van der Waals surface area contributed by atoms with Gasteiger partial charge in [-0.1, -0.05) is 267 Å². The minimum Gasteiger partial charge on any atom is -0.466 e. The molecule has 2 N–H and O–H groups in total. The molecule has 97 heavy (non-hydrogen) atoms. The van der Waals surface area contributed by atoms with Crippen LogP contribution in [0.25, 0.3) is 0 Å². The average molecular weight is 1390 g/mol. The Kier molecular flexibility index (Phi) is 58.8. The van der Waals surface area contributed by atoms with E-state index < -0.39 is 6.04 Å². The van der Waals surface area contributed by atoms with Crippen LogP contribution in [0.1, 0.15) is 371 Å². The summed E-state index contributed by atoms with van der Waals surface area (Å²) in [5, 5.41) is 0. The Labute approximate surface area is 602 Å². The van der Waals surface area contributed by atoms with Gasteiger partial charge in [-0.3, -0.25) is 24.0 Å². The summed E-state index contributed by atoms with van der Waals surface area (Å²) in [7, 11) is 0. The van der Waals surface area contributed by atoms with Gasteiger partial charge >= 0.3 is 35.8 Å². The second-order valence-electron chi connectivity index (χ2n) is 38.2. The molecule has 2 fully saturated rings. The summed E-state index contributed by atoms with van der Waals surface area (Å²) in [6.45, 7) is 76.9. The zero-order valence-corrected chi connectivity index (χ0v) is 70.9. The minimum absolute atomic E-state index is 0.0231. The molecule has 0 aromatic carbocycles. The first kappa shape index (κ1) is 105. The van der Waals surface area contributed by atoms with Gasteiger partial charge in [-0.15, -0.1) is 0 Å². The Morgan fingerprint density at radius 2 is 0.794 bits per heavy atom. The first-order valence-electron chi connectivity index (χ1n) is 38.1. The molecule has 14 nitrogen and oxygen atoms in total. The van der Waals surface area contributed by atoms with E-state index in [1.54, 1.807) is 0 Å². The number of hydrogen-bond acceptors (Lipinski definition) is 14. The number of hydrogen-bond donors (Lipinski definition) is 1. The van der Waals surface area contributed by atoms with Crippen molar-refractivity contribution in [3.63, 3.8) is 0 Å². The first-order chi connectivity index (χ1) is 43.7. The van der Waals surface area contributed by atoms with Crippen molar-refractivity contribution in [1.29, 1.82) is 0 Å². The highest BCUT2D eigenvalue weighted by molar-refractivity contribution is 5.76. The van der Waals surface area contributed by atoms with E-state index in [1.165, 1.54) is 44.9 Å². The lowest BCUT2D eigenvalue weighted by molar-refractivity contribution is -0.154. The maximum Gasteiger partial charge on any atom is 0.332 e. The SMILES string of the molecule is CC(C)(C)CCCOC(=O)C1CCCC1.CC(C)C(N)C(=O)OCCCC(C)(C)C.CC(C)CC(=O)OCCC(C)(C)C.CC(CC(C)(C)C)OC(=O)C(C)C.CC(CC(C)(C)C)OC(=O)C1CCCC1.CCC(C)(C)C.CCCC(C)(C)C.CCCOCC(=O)OCC(C)(C)C. The van der Waals surface area contributed by atoms with E-state index >= 15 is 0 Å². The van der Waals surface area contributed by atoms with E-state index in [-0.39, 0.29) is 100.0 Å². The van der Waals surface area contributed by atoms with Crippen molar-refractivity contribution in [3.8, 4) is 0 Å². The highest BCUT2D eigenvalue weighted by Gasteiger charge is 2.28. The summed E-state index contributed by atoms with van der Waals surface area (Å²) in [5.74, 6) is 0.251. The predicted molar refractivity (Wildman–Crippen MR) is 410 cm³/mol. The van der Waals surface area contributed by atoms with Crippen LogP contribution in [0.3, 0.4) is 0 Å². The Balaban J connectivity index is -0.000000247. The van der Waals surface area contributed by atoms with Crippen LogP contribution >= 0.6 is 0 Å². The van der Waals surface area contributed by atoms with Crippen LogP contribution in [0, 0.1) is 72.9 Å². The van der Waals surface area contributed by atoms with Crippen molar-refractivity contribution in [2.45, 2.75) is 389 Å². The van der Waals surface area contributed by atoms with Gasteiger partial charge in [-0.05, 0) is 152 Å². The Morgan fingerprint density at radius 1 is 0.402 bits per heavy atom. The summed E-state index contributed by atoms with van der Waals surface area (Å²) < 4.78 is 36.2. The van der Waals surface area contributed by atoms with Crippen LogP contribution in [0.15, 0.2) is 0 Å². The van der Waals surface area contributed by atoms with Crippen molar-refractivity contribution in [1.82, 2.24) is 0 Å². The summed E-state index contributed by atoms with van der Waals surface area (Å²) >= 11 is 0. The van der Waals surface area contributed by atoms with Crippen LogP contribution < -0.4 is 5.73 Å². The lowest BCUT2D eigenvalue weighted by Gasteiger charge is -2.24. The van der Waals surface area contributed by atoms with Gasteiger partial charge in [0.2, 0.25) is 0 Å². The standard InChI is InChI=1S/2C13H24O2.C12H25NO2.2C11H22O2.C10H20O3.C7H16.C6H14/c1-10(9-13(2,3)4)15-12(14)11-7-5-6-8-11;1-13(2,3)9-6-10-15-12(14)11-7-4-5-8-11;1-9(2)10(13)11(14)15-8-6-7-12(3,4)5;1-8(2)10(12)13-9(3)7-11(4,5)6;1-9(2)8-10(12)13-7-6-11(3,4)5;1-5-6-12-7-9(11)13-8-10(2,3)4;1-5-6-7(2,3)4;1-5-6(2,3)4/h10-11H,5-9H2,1-4H3;11H,4-10H2,1-3H3;9-10H,6-8,13H2,1-5H3;8-9H,7H2,1-6H3;9H,6-8H2,1-5H3;5-8H2,1-4H3;5-6H2,1-4H3;5H2,1-4H3. The van der Waals surface area contributed by atoms with Gasteiger partial charge < -0.3 is 38.9 Å². The third-order valence-corrected chi connectivity index (χ3v) is 14.9. The van der Waals surface area contributed by atoms with Gasteiger partial charge in [0.15, 0.2) is 0 Å². The van der Waals surface area contributed by atoms with Crippen LogP contribution in [0.5, 0.6) is 0 Å². The van der Waals surface area contributed by atoms with Crippen molar-refractivity contribution in [2.75, 3.05) is 39.6 Å². The lowest BCUT2D eigenvalue weighted by atomic mass is 9.90.